The molecule has 2 saturated heterocycles. The molecule has 76 valence electrons. The molecule has 0 aromatic carbocycles. The smallest absolute Gasteiger partial charge is 0.0936 e. The van der Waals surface area contributed by atoms with Crippen molar-refractivity contribution in [2.24, 2.45) is 0 Å². The van der Waals surface area contributed by atoms with E-state index in [1.807, 2.05) is 0 Å². The molecule has 1 atom stereocenters. The number of hydrogen-bond acceptors (Lipinski definition) is 3. The van der Waals surface area contributed by atoms with Gasteiger partial charge in [0.1, 0.15) is 0 Å². The zero-order valence-corrected chi connectivity index (χ0v) is 8.70. The monoisotopic (exact) mass is 184 g/mol. The fourth-order valence-corrected chi connectivity index (χ4v) is 2.08. The van der Waals surface area contributed by atoms with Gasteiger partial charge in [-0.1, -0.05) is 0 Å². The highest BCUT2D eigenvalue weighted by Crippen LogP contribution is 2.17. The van der Waals surface area contributed by atoms with Crippen LogP contribution in [0.15, 0.2) is 0 Å². The third-order valence-electron chi connectivity index (χ3n) is 3.15. The van der Waals surface area contributed by atoms with E-state index in [9.17, 15) is 0 Å². The fourth-order valence-electron chi connectivity index (χ4n) is 2.08. The predicted octanol–water partition coefficient (Wildman–Crippen LogP) is 0.411. The second-order valence-corrected chi connectivity index (χ2v) is 4.45. The molecule has 2 fully saturated rings. The Labute approximate surface area is 80.6 Å². The lowest BCUT2D eigenvalue weighted by Crippen LogP contribution is -2.43. The fraction of sp³-hybridized carbons (Fsp3) is 1.00. The van der Waals surface area contributed by atoms with Crippen LogP contribution < -0.4 is 0 Å². The van der Waals surface area contributed by atoms with Crippen molar-refractivity contribution in [2.45, 2.75) is 25.0 Å². The van der Waals surface area contributed by atoms with Gasteiger partial charge in [-0.05, 0) is 40.0 Å². The van der Waals surface area contributed by atoms with Crippen LogP contribution in [0.25, 0.3) is 0 Å². The van der Waals surface area contributed by atoms with Gasteiger partial charge >= 0.3 is 0 Å². The second kappa shape index (κ2) is 3.95. The van der Waals surface area contributed by atoms with Gasteiger partial charge in [0.25, 0.3) is 0 Å². The number of rotatable bonds is 3. The van der Waals surface area contributed by atoms with E-state index in [2.05, 4.69) is 23.9 Å². The van der Waals surface area contributed by atoms with Crippen LogP contribution in [0.5, 0.6) is 0 Å². The molecule has 0 spiro atoms. The summed E-state index contributed by atoms with van der Waals surface area (Å²) in [4.78, 5) is 4.89. The van der Waals surface area contributed by atoms with Crippen LogP contribution in [0, 0.1) is 0 Å². The molecule has 3 nitrogen and oxygen atoms in total. The molecule has 2 aliphatic heterocycles. The average molecular weight is 184 g/mol. The minimum Gasteiger partial charge on any atom is -0.372 e. The van der Waals surface area contributed by atoms with Crippen LogP contribution >= 0.6 is 0 Å². The van der Waals surface area contributed by atoms with Crippen LogP contribution in [-0.2, 0) is 4.74 Å². The number of nitrogens with zero attached hydrogens (tertiary/aromatic N) is 2. The Morgan fingerprint density at radius 2 is 1.92 bits per heavy atom. The summed E-state index contributed by atoms with van der Waals surface area (Å²) in [7, 11) is 4.37. The van der Waals surface area contributed by atoms with Crippen molar-refractivity contribution in [1.29, 1.82) is 0 Å². The van der Waals surface area contributed by atoms with Gasteiger partial charge in [-0.3, -0.25) is 0 Å². The molecule has 0 N–H and O–H groups in total. The molecule has 1 unspecified atom stereocenters. The van der Waals surface area contributed by atoms with Crippen molar-refractivity contribution in [1.82, 2.24) is 9.80 Å². The molecule has 2 aliphatic rings. The molecular weight excluding hydrogens is 164 g/mol. The van der Waals surface area contributed by atoms with Gasteiger partial charge in [0.2, 0.25) is 0 Å². The SMILES string of the molecule is CN(C)C1CCN(CC2CO2)CC1. The van der Waals surface area contributed by atoms with E-state index in [4.69, 9.17) is 4.74 Å². The molecule has 0 bridgehead atoms. The van der Waals surface area contributed by atoms with Crippen molar-refractivity contribution in [2.75, 3.05) is 40.3 Å². The van der Waals surface area contributed by atoms with Gasteiger partial charge in [-0.2, -0.15) is 0 Å². The summed E-state index contributed by atoms with van der Waals surface area (Å²) in [6, 6.07) is 0.802. The molecule has 0 saturated carbocycles. The Morgan fingerprint density at radius 3 is 2.38 bits per heavy atom. The second-order valence-electron chi connectivity index (χ2n) is 4.45. The van der Waals surface area contributed by atoms with E-state index >= 15 is 0 Å². The van der Waals surface area contributed by atoms with Gasteiger partial charge in [0.05, 0.1) is 12.7 Å². The van der Waals surface area contributed by atoms with E-state index in [0.717, 1.165) is 12.6 Å². The lowest BCUT2D eigenvalue weighted by molar-refractivity contribution is 0.137. The third kappa shape index (κ3) is 2.66. The highest BCUT2D eigenvalue weighted by molar-refractivity contribution is 4.81. The highest BCUT2D eigenvalue weighted by Gasteiger charge is 2.28. The van der Waals surface area contributed by atoms with Crippen molar-refractivity contribution in [3.63, 3.8) is 0 Å². The summed E-state index contributed by atoms with van der Waals surface area (Å²) in [5.74, 6) is 0. The van der Waals surface area contributed by atoms with Crippen molar-refractivity contribution in [3.05, 3.63) is 0 Å². The summed E-state index contributed by atoms with van der Waals surface area (Å²) >= 11 is 0. The molecule has 0 aliphatic carbocycles. The lowest BCUT2D eigenvalue weighted by Gasteiger charge is -2.34. The Hall–Kier alpha value is -0.120. The molecule has 2 heterocycles. The third-order valence-corrected chi connectivity index (χ3v) is 3.15. The Kier molecular flexibility index (Phi) is 2.86. The van der Waals surface area contributed by atoms with Gasteiger partial charge in [0.15, 0.2) is 0 Å². The van der Waals surface area contributed by atoms with Gasteiger partial charge in [-0.15, -0.1) is 0 Å². The van der Waals surface area contributed by atoms with Gasteiger partial charge in [0, 0.05) is 12.6 Å². The summed E-state index contributed by atoms with van der Waals surface area (Å²) < 4.78 is 5.23. The van der Waals surface area contributed by atoms with Crippen molar-refractivity contribution < 1.29 is 4.74 Å². The Morgan fingerprint density at radius 1 is 1.31 bits per heavy atom. The van der Waals surface area contributed by atoms with Crippen LogP contribution in [-0.4, -0.2) is 62.3 Å². The average Bonchev–Trinajstić information content (AvgIpc) is 2.89. The topological polar surface area (TPSA) is 19.0 Å². The Bertz CT molecular complexity index is 160. The predicted molar refractivity (Wildman–Crippen MR) is 52.9 cm³/mol. The largest absolute Gasteiger partial charge is 0.372 e. The highest BCUT2D eigenvalue weighted by atomic mass is 16.6. The number of ether oxygens (including phenoxy) is 1. The summed E-state index contributed by atoms with van der Waals surface area (Å²) in [5.41, 5.74) is 0. The Balaban J connectivity index is 1.69. The normalized spacial score (nSPS) is 31.2. The van der Waals surface area contributed by atoms with E-state index in [-0.39, 0.29) is 0 Å². The van der Waals surface area contributed by atoms with Crippen molar-refractivity contribution in [3.8, 4) is 0 Å². The van der Waals surface area contributed by atoms with Crippen LogP contribution in [0.1, 0.15) is 12.8 Å². The first-order valence-electron chi connectivity index (χ1n) is 5.26. The van der Waals surface area contributed by atoms with Crippen LogP contribution in [0.4, 0.5) is 0 Å². The maximum absolute atomic E-state index is 5.23. The van der Waals surface area contributed by atoms with E-state index in [1.54, 1.807) is 0 Å². The minimum atomic E-state index is 0.566. The van der Waals surface area contributed by atoms with E-state index in [0.29, 0.717) is 6.10 Å². The molecule has 2 rings (SSSR count). The number of hydrogen-bond donors (Lipinski definition) is 0. The van der Waals surface area contributed by atoms with E-state index in [1.165, 1.54) is 32.5 Å². The van der Waals surface area contributed by atoms with Crippen LogP contribution in [0.3, 0.4) is 0 Å². The number of piperidine rings is 1. The summed E-state index contributed by atoms with van der Waals surface area (Å²) in [6.07, 6.45) is 3.20. The zero-order chi connectivity index (χ0) is 9.26. The first kappa shape index (κ1) is 9.44. The molecule has 0 amide bonds. The molecule has 0 aromatic heterocycles. The molecule has 0 radical (unpaired) electrons. The van der Waals surface area contributed by atoms with Gasteiger partial charge < -0.3 is 14.5 Å². The number of likely N-dealkylation sites (tertiary alicyclic amines) is 1. The molecule has 3 heteroatoms. The number of epoxide rings is 1. The van der Waals surface area contributed by atoms with Crippen molar-refractivity contribution >= 4 is 0 Å². The molecule has 13 heavy (non-hydrogen) atoms. The quantitative estimate of drug-likeness (QED) is 0.592. The standard InChI is InChI=1S/C10H20N2O/c1-11(2)9-3-5-12(6-4-9)7-10-8-13-10/h9-10H,3-8H2,1-2H3. The minimum absolute atomic E-state index is 0.566. The lowest BCUT2D eigenvalue weighted by atomic mass is 10.0. The van der Waals surface area contributed by atoms with E-state index < -0.39 is 0 Å². The van der Waals surface area contributed by atoms with Gasteiger partial charge in [-0.25, -0.2) is 0 Å². The first-order chi connectivity index (χ1) is 6.25. The summed E-state index contributed by atoms with van der Waals surface area (Å²) in [6.45, 7) is 4.67. The zero-order valence-electron chi connectivity index (χ0n) is 8.70. The molecular formula is C10H20N2O. The maximum Gasteiger partial charge on any atom is 0.0936 e. The van der Waals surface area contributed by atoms with Crippen LogP contribution in [0.2, 0.25) is 0 Å². The molecule has 0 aromatic rings. The first-order valence-corrected chi connectivity index (χ1v) is 5.26. The maximum atomic E-state index is 5.23. The summed E-state index contributed by atoms with van der Waals surface area (Å²) in [5, 5.41) is 0.